The van der Waals surface area contributed by atoms with Crippen LogP contribution in [0.5, 0.6) is 5.75 Å². The van der Waals surface area contributed by atoms with Crippen molar-refractivity contribution >= 4 is 0 Å². The zero-order chi connectivity index (χ0) is 15.6. The van der Waals surface area contributed by atoms with Crippen molar-refractivity contribution in [1.82, 2.24) is 15.1 Å². The first-order valence-corrected chi connectivity index (χ1v) is 5.98. The van der Waals surface area contributed by atoms with Crippen LogP contribution in [-0.2, 0) is 12.7 Å². The predicted octanol–water partition coefficient (Wildman–Crippen LogP) is 1.68. The molecule has 0 saturated heterocycles. The molecule has 1 heterocycles. The summed E-state index contributed by atoms with van der Waals surface area (Å²) >= 11 is 0. The summed E-state index contributed by atoms with van der Waals surface area (Å²) < 4.78 is 39.6. The van der Waals surface area contributed by atoms with E-state index < -0.39 is 17.3 Å². The topological polar surface area (TPSA) is 67.2 Å². The van der Waals surface area contributed by atoms with E-state index in [0.29, 0.717) is 4.68 Å². The molecule has 8 heteroatoms. The largest absolute Gasteiger partial charge is 0.506 e. The van der Waals surface area contributed by atoms with Crippen LogP contribution in [0, 0.1) is 0 Å². The van der Waals surface area contributed by atoms with Crippen LogP contribution >= 0.6 is 0 Å². The van der Waals surface area contributed by atoms with Gasteiger partial charge in [-0.15, -0.1) is 0 Å². The maximum absolute atomic E-state index is 13.0. The van der Waals surface area contributed by atoms with Gasteiger partial charge in [0.05, 0.1) is 11.3 Å². The fourth-order valence-corrected chi connectivity index (χ4v) is 1.85. The summed E-state index contributed by atoms with van der Waals surface area (Å²) in [5.74, 6) is -0.366. The van der Waals surface area contributed by atoms with E-state index in [-0.39, 0.29) is 23.7 Å². The van der Waals surface area contributed by atoms with Crippen molar-refractivity contribution in [3.05, 3.63) is 51.9 Å². The van der Waals surface area contributed by atoms with Crippen LogP contribution in [0.3, 0.4) is 0 Å². The maximum atomic E-state index is 13.0. The number of nitrogens with one attached hydrogen (secondary N) is 1. The molecule has 0 unspecified atom stereocenters. The van der Waals surface area contributed by atoms with Crippen molar-refractivity contribution in [3.8, 4) is 11.4 Å². The van der Waals surface area contributed by atoms with E-state index in [1.54, 1.807) is 7.05 Å². The highest BCUT2D eigenvalue weighted by atomic mass is 19.4. The zero-order valence-electron chi connectivity index (χ0n) is 11.0. The maximum Gasteiger partial charge on any atom is 0.418 e. The normalized spacial score (nSPS) is 11.6. The highest BCUT2D eigenvalue weighted by Crippen LogP contribution is 2.33. The van der Waals surface area contributed by atoms with Crippen molar-refractivity contribution in [1.29, 1.82) is 0 Å². The minimum Gasteiger partial charge on any atom is -0.506 e. The van der Waals surface area contributed by atoms with Crippen LogP contribution in [0.1, 0.15) is 11.3 Å². The molecule has 0 aliphatic heterocycles. The van der Waals surface area contributed by atoms with E-state index in [1.807, 2.05) is 0 Å². The SMILES string of the molecule is CNCc1nn(-c2ccccc2C(F)(F)F)c(=O)cc1O. The molecule has 0 amide bonds. The summed E-state index contributed by atoms with van der Waals surface area (Å²) in [6.07, 6.45) is -4.61. The van der Waals surface area contributed by atoms with Gasteiger partial charge in [0.2, 0.25) is 0 Å². The summed E-state index contributed by atoms with van der Waals surface area (Å²) in [5.41, 5.74) is -2.12. The van der Waals surface area contributed by atoms with E-state index >= 15 is 0 Å². The minimum atomic E-state index is -4.61. The van der Waals surface area contributed by atoms with Crippen LogP contribution in [0.25, 0.3) is 5.69 Å². The Kier molecular flexibility index (Phi) is 3.99. The van der Waals surface area contributed by atoms with E-state index in [4.69, 9.17) is 0 Å². The average molecular weight is 299 g/mol. The fourth-order valence-electron chi connectivity index (χ4n) is 1.85. The van der Waals surface area contributed by atoms with Crippen LogP contribution < -0.4 is 10.9 Å². The molecule has 1 aromatic carbocycles. The molecular formula is C13H12F3N3O2. The third-order valence-corrected chi connectivity index (χ3v) is 2.77. The van der Waals surface area contributed by atoms with E-state index in [9.17, 15) is 23.1 Å². The lowest BCUT2D eigenvalue weighted by molar-refractivity contribution is -0.137. The van der Waals surface area contributed by atoms with Gasteiger partial charge >= 0.3 is 6.18 Å². The number of hydrogen-bond donors (Lipinski definition) is 2. The van der Waals surface area contributed by atoms with Gasteiger partial charge in [0.25, 0.3) is 5.56 Å². The Morgan fingerprint density at radius 3 is 2.62 bits per heavy atom. The number of para-hydroxylation sites is 1. The first-order valence-electron chi connectivity index (χ1n) is 5.98. The lowest BCUT2D eigenvalue weighted by atomic mass is 10.1. The third kappa shape index (κ3) is 3.05. The number of rotatable bonds is 3. The Morgan fingerprint density at radius 1 is 1.33 bits per heavy atom. The van der Waals surface area contributed by atoms with Gasteiger partial charge < -0.3 is 10.4 Å². The summed E-state index contributed by atoms with van der Waals surface area (Å²) in [6.45, 7) is 0.111. The van der Waals surface area contributed by atoms with Crippen LogP contribution in [0.2, 0.25) is 0 Å². The highest BCUT2D eigenvalue weighted by Gasteiger charge is 2.34. The minimum absolute atomic E-state index is 0.0778. The first-order chi connectivity index (χ1) is 9.84. The van der Waals surface area contributed by atoms with Gasteiger partial charge in [0.1, 0.15) is 11.4 Å². The predicted molar refractivity (Wildman–Crippen MR) is 69.3 cm³/mol. The third-order valence-electron chi connectivity index (χ3n) is 2.77. The molecule has 2 aromatic rings. The summed E-state index contributed by atoms with van der Waals surface area (Å²) in [6, 6.07) is 5.47. The number of aromatic hydroxyl groups is 1. The van der Waals surface area contributed by atoms with Gasteiger partial charge in [-0.1, -0.05) is 12.1 Å². The standard InChI is InChI=1S/C13H12F3N3O2/c1-17-7-9-11(20)6-12(21)19(18-9)10-5-3-2-4-8(10)13(14,15)16/h2-6,17,20H,7H2,1H3. The number of halogens is 3. The Morgan fingerprint density at radius 2 is 2.00 bits per heavy atom. The molecule has 0 saturated carbocycles. The van der Waals surface area contributed by atoms with Crippen molar-refractivity contribution in [3.63, 3.8) is 0 Å². The second-order valence-electron chi connectivity index (χ2n) is 4.27. The number of alkyl halides is 3. The Labute approximate surface area is 117 Å². The lowest BCUT2D eigenvalue weighted by Gasteiger charge is -2.14. The van der Waals surface area contributed by atoms with Crippen LogP contribution in [-0.4, -0.2) is 21.9 Å². The molecule has 0 aliphatic carbocycles. The average Bonchev–Trinajstić information content (AvgIpc) is 2.41. The van der Waals surface area contributed by atoms with Crippen molar-refractivity contribution < 1.29 is 18.3 Å². The van der Waals surface area contributed by atoms with Crippen molar-refractivity contribution in [2.24, 2.45) is 0 Å². The second kappa shape index (κ2) is 5.57. The number of nitrogens with zero attached hydrogens (tertiary/aromatic N) is 2. The monoisotopic (exact) mass is 299 g/mol. The summed E-state index contributed by atoms with van der Waals surface area (Å²) in [7, 11) is 1.58. The molecule has 112 valence electrons. The van der Waals surface area contributed by atoms with E-state index in [0.717, 1.165) is 18.2 Å². The molecule has 1 aromatic heterocycles. The second-order valence-corrected chi connectivity index (χ2v) is 4.27. The molecular weight excluding hydrogens is 287 g/mol. The van der Waals surface area contributed by atoms with Crippen LogP contribution in [0.15, 0.2) is 35.1 Å². The molecule has 5 nitrogen and oxygen atoms in total. The lowest BCUT2D eigenvalue weighted by Crippen LogP contribution is -2.25. The Hall–Kier alpha value is -2.35. The van der Waals surface area contributed by atoms with Gasteiger partial charge in [-0.2, -0.15) is 23.0 Å². The molecule has 0 fully saturated rings. The van der Waals surface area contributed by atoms with Crippen LogP contribution in [0.4, 0.5) is 13.2 Å². The molecule has 0 atom stereocenters. The fraction of sp³-hybridized carbons (Fsp3) is 0.231. The van der Waals surface area contributed by atoms with E-state index in [1.165, 1.54) is 12.1 Å². The summed E-state index contributed by atoms with van der Waals surface area (Å²) in [4.78, 5) is 11.8. The number of benzene rings is 1. The zero-order valence-corrected chi connectivity index (χ0v) is 11.0. The smallest absolute Gasteiger partial charge is 0.418 e. The van der Waals surface area contributed by atoms with Gasteiger partial charge in [-0.05, 0) is 19.2 Å². The van der Waals surface area contributed by atoms with Crippen molar-refractivity contribution in [2.45, 2.75) is 12.7 Å². The Bertz CT molecular complexity index is 711. The van der Waals surface area contributed by atoms with Gasteiger partial charge in [-0.3, -0.25) is 4.79 Å². The van der Waals surface area contributed by atoms with Gasteiger partial charge in [0.15, 0.2) is 0 Å². The number of hydrogen-bond acceptors (Lipinski definition) is 4. The number of aromatic nitrogens is 2. The van der Waals surface area contributed by atoms with E-state index in [2.05, 4.69) is 10.4 Å². The molecule has 0 bridgehead atoms. The quantitative estimate of drug-likeness (QED) is 0.905. The molecule has 2 rings (SSSR count). The van der Waals surface area contributed by atoms with Gasteiger partial charge in [-0.25, -0.2) is 0 Å². The molecule has 21 heavy (non-hydrogen) atoms. The van der Waals surface area contributed by atoms with Crippen molar-refractivity contribution in [2.75, 3.05) is 7.05 Å². The molecule has 0 spiro atoms. The molecule has 2 N–H and O–H groups in total. The Balaban J connectivity index is 2.68. The molecule has 0 aliphatic rings. The van der Waals surface area contributed by atoms with Gasteiger partial charge in [0, 0.05) is 12.6 Å². The summed E-state index contributed by atoms with van der Waals surface area (Å²) in [5, 5.41) is 16.1. The molecule has 0 radical (unpaired) electrons. The highest BCUT2D eigenvalue weighted by molar-refractivity contribution is 5.42. The first kappa shape index (κ1) is 15.0.